The summed E-state index contributed by atoms with van der Waals surface area (Å²) in [6, 6.07) is 87.0. The molecule has 0 atom stereocenters. The Morgan fingerprint density at radius 2 is 0.550 bits per heavy atom. The van der Waals surface area contributed by atoms with Crippen molar-refractivity contribution in [3.8, 4) is 17.2 Å². The van der Waals surface area contributed by atoms with Crippen molar-refractivity contribution in [1.82, 2.24) is 0 Å². The molecule has 0 radical (unpaired) electrons. The molecule has 15 rings (SSSR count). The van der Waals surface area contributed by atoms with E-state index in [9.17, 15) is 20.2 Å². The number of halogens is 6. The maximum absolute atomic E-state index is 15.6. The molecule has 0 bridgehead atoms. The second-order valence-corrected chi connectivity index (χ2v) is 31.6. The third kappa shape index (κ3) is 10.6. The Hall–Kier alpha value is -11.5. The Morgan fingerprint density at radius 1 is 0.300 bits per heavy atom. The Labute approximate surface area is 567 Å². The summed E-state index contributed by atoms with van der Waals surface area (Å²) in [7, 11) is -14.9. The van der Waals surface area contributed by atoms with Crippen LogP contribution in [-0.4, -0.2) is 17.2 Å². The van der Waals surface area contributed by atoms with Crippen LogP contribution in [0.5, 0.6) is 17.2 Å². The quantitative estimate of drug-likeness (QED) is 0.0206. The summed E-state index contributed by atoms with van der Waals surface area (Å²) < 4.78 is 134. The van der Waals surface area contributed by atoms with Gasteiger partial charge in [-0.2, -0.15) is 0 Å². The first kappa shape index (κ1) is 64.5. The minimum atomic E-state index is -6.10. The Kier molecular flexibility index (Phi) is 16.0. The van der Waals surface area contributed by atoms with Gasteiger partial charge in [0.25, 0.3) is 0 Å². The number of non-ortho nitro benzene ring substituents is 2. The molecule has 0 aromatic heterocycles. The second kappa shape index (κ2) is 24.8. The van der Waals surface area contributed by atoms with Crippen LogP contribution in [-0.2, 0) is 21.2 Å². The van der Waals surface area contributed by atoms with Gasteiger partial charge in [0.05, 0.1) is 0 Å². The number of rotatable bonds is 18. The zero-order chi connectivity index (χ0) is 69.1. The van der Waals surface area contributed by atoms with E-state index in [1.807, 2.05) is 0 Å². The van der Waals surface area contributed by atoms with Gasteiger partial charge in [-0.05, 0) is 0 Å². The molecule has 20 heteroatoms. The van der Waals surface area contributed by atoms with E-state index < -0.39 is 60.5 Å². The van der Waals surface area contributed by atoms with E-state index >= 15 is 26.3 Å². The Morgan fingerprint density at radius 3 is 0.830 bits per heavy atom. The molecule has 492 valence electrons. The maximum atomic E-state index is 15.6. The normalized spacial score (nSPS) is 13.0. The van der Waals surface area contributed by atoms with Crippen LogP contribution in [0.2, 0.25) is 0 Å². The fraction of sp³-hybridized carbons (Fsp3) is 0.0250. The molecule has 0 saturated carbocycles. The standard InChI is InChI=1S/C80H53BF6N2O9P2/c82-79(83,84)58-51-59(80(85,86)87)53-60(52-58)94-81(97-99(61-31-7-1-8-32-61,62-33-9-2-10-34-62,63-35-11-3-12-36-63)95-77-69-45-25-21-29-56(69)47-71-73(77)49-54-27-19-23-43-67(54)75(71)88(90)91)98-100(64-37-13-4-14-38-64,65-39-15-5-16-40-65,66-41-17-6-18-42-66)96-78-70-46-26-22-30-57(70)48-72-74(78)50-55-28-20-24-44-68(55)76(72)89(92)93/h1-53H. The molecule has 0 fully saturated rings. The summed E-state index contributed by atoms with van der Waals surface area (Å²) in [5.74, 6) is -1.03. The SMILES string of the molecule is O=[N+]([O-])c1c2ccccc2cc2c(OP(OB(Oc3cc(C(F)(F)F)cc(C(F)(F)F)c3)OP(Oc3c4ccccc4cc4c([N+](=O)[O-])c5ccccc5cc34)(c3ccccc3)(c3ccccc3)c3ccccc3)(c3ccccc3)(c3ccccc3)c3ccccc3)c3ccccc3cc12. The summed E-state index contributed by atoms with van der Waals surface area (Å²) in [5.41, 5.74) is -4.01. The van der Waals surface area contributed by atoms with Crippen molar-refractivity contribution >= 4 is 129 Å². The van der Waals surface area contributed by atoms with E-state index in [2.05, 4.69) is 0 Å². The van der Waals surface area contributed by atoms with Gasteiger partial charge < -0.3 is 0 Å². The molecular weight excluding hydrogens is 1320 g/mol. The minimum absolute atomic E-state index is 0.00677. The molecule has 0 amide bonds. The van der Waals surface area contributed by atoms with E-state index in [0.717, 1.165) is 0 Å². The number of hydrogen-bond donors (Lipinski definition) is 0. The van der Waals surface area contributed by atoms with Crippen molar-refractivity contribution in [3.63, 3.8) is 0 Å². The number of nitro groups is 2. The van der Waals surface area contributed by atoms with Crippen molar-refractivity contribution in [2.45, 2.75) is 12.4 Å². The first-order valence-electron chi connectivity index (χ1n) is 31.5. The molecule has 0 spiro atoms. The van der Waals surface area contributed by atoms with E-state index in [-0.39, 0.29) is 82.3 Å². The molecule has 15 aromatic carbocycles. The van der Waals surface area contributed by atoms with Gasteiger partial charge in [0.2, 0.25) is 0 Å². The van der Waals surface area contributed by atoms with Crippen LogP contribution in [0.3, 0.4) is 0 Å². The topological polar surface area (TPSA) is 132 Å². The molecule has 0 unspecified atom stereocenters. The molecule has 0 saturated heterocycles. The van der Waals surface area contributed by atoms with Crippen molar-refractivity contribution in [1.29, 1.82) is 0 Å². The van der Waals surface area contributed by atoms with Gasteiger partial charge >= 0.3 is 571 Å². The van der Waals surface area contributed by atoms with Gasteiger partial charge in [-0.25, -0.2) is 0 Å². The number of nitrogens with zero attached hydrogens (tertiary/aromatic N) is 2. The molecule has 0 aliphatic rings. The van der Waals surface area contributed by atoms with E-state index in [0.29, 0.717) is 55.2 Å². The fourth-order valence-electron chi connectivity index (χ4n) is 13.9. The molecular formula is C80H53BF6N2O9P2. The van der Waals surface area contributed by atoms with Crippen molar-refractivity contribution in [2.75, 3.05) is 0 Å². The molecule has 0 N–H and O–H groups in total. The summed E-state index contributed by atoms with van der Waals surface area (Å²) in [4.78, 5) is 26.7. The van der Waals surface area contributed by atoms with Gasteiger partial charge in [0, 0.05) is 0 Å². The first-order chi connectivity index (χ1) is 48.4. The fourth-order valence-corrected chi connectivity index (χ4v) is 23.4. The van der Waals surface area contributed by atoms with Crippen LogP contribution in [0.15, 0.2) is 322 Å². The zero-order valence-electron chi connectivity index (χ0n) is 52.4. The number of nitro benzene ring substituents is 2. The average Bonchev–Trinajstić information content (AvgIpc) is 0.678. The molecule has 11 nitrogen and oxygen atoms in total. The zero-order valence-corrected chi connectivity index (χ0v) is 54.2. The van der Waals surface area contributed by atoms with Crippen LogP contribution in [0.4, 0.5) is 37.7 Å². The number of benzene rings is 15. The molecule has 100 heavy (non-hydrogen) atoms. The van der Waals surface area contributed by atoms with Gasteiger partial charge in [-0.15, -0.1) is 0 Å². The predicted octanol–water partition coefficient (Wildman–Crippen LogP) is 19.7. The van der Waals surface area contributed by atoms with E-state index in [1.54, 1.807) is 303 Å². The van der Waals surface area contributed by atoms with E-state index in [1.165, 1.54) is 0 Å². The summed E-state index contributed by atoms with van der Waals surface area (Å²) >= 11 is 0. The second-order valence-electron chi connectivity index (χ2n) is 23.9. The molecule has 15 aromatic rings. The number of fused-ring (bicyclic) bond motifs is 6. The van der Waals surface area contributed by atoms with Crippen LogP contribution >= 0.6 is 14.1 Å². The van der Waals surface area contributed by atoms with Crippen molar-refractivity contribution in [2.24, 2.45) is 0 Å². The van der Waals surface area contributed by atoms with Crippen LogP contribution in [0.1, 0.15) is 11.1 Å². The van der Waals surface area contributed by atoms with Crippen molar-refractivity contribution in [3.05, 3.63) is 353 Å². The third-order valence-electron chi connectivity index (χ3n) is 18.2. The van der Waals surface area contributed by atoms with E-state index in [4.69, 9.17) is 22.6 Å². The molecule has 0 aliphatic heterocycles. The summed E-state index contributed by atoms with van der Waals surface area (Å²) in [6.07, 6.45) is -10.8. The third-order valence-corrected chi connectivity index (χ3v) is 27.9. The van der Waals surface area contributed by atoms with Crippen LogP contribution in [0.25, 0.3) is 64.6 Å². The van der Waals surface area contributed by atoms with Crippen LogP contribution in [0, 0.1) is 20.2 Å². The Bertz CT molecular complexity index is 5150. The van der Waals surface area contributed by atoms with Gasteiger partial charge in [-0.1, -0.05) is 0 Å². The summed E-state index contributed by atoms with van der Waals surface area (Å²) in [5, 5.41) is 32.9. The van der Waals surface area contributed by atoms with Crippen LogP contribution < -0.4 is 45.5 Å². The van der Waals surface area contributed by atoms with Gasteiger partial charge in [0.1, 0.15) is 0 Å². The first-order valence-corrected chi connectivity index (χ1v) is 35.7. The van der Waals surface area contributed by atoms with Crippen molar-refractivity contribution < 1.29 is 58.8 Å². The monoisotopic (exact) mass is 1370 g/mol. The summed E-state index contributed by atoms with van der Waals surface area (Å²) in [6.45, 7) is 0. The number of hydrogen-bond acceptors (Lipinski definition) is 9. The van der Waals surface area contributed by atoms with Gasteiger partial charge in [-0.3, -0.25) is 0 Å². The number of alkyl halides is 6. The molecule has 0 aliphatic carbocycles. The molecule has 0 heterocycles. The average molecular weight is 1370 g/mol. The van der Waals surface area contributed by atoms with Gasteiger partial charge in [0.15, 0.2) is 0 Å². The Balaban J connectivity index is 1.15. The predicted molar refractivity (Wildman–Crippen MR) is 388 cm³/mol.